The van der Waals surface area contributed by atoms with Crippen molar-refractivity contribution in [3.05, 3.63) is 8.95 Å². The van der Waals surface area contributed by atoms with E-state index in [4.69, 9.17) is 9.47 Å². The van der Waals surface area contributed by atoms with Gasteiger partial charge >= 0.3 is 0 Å². The molecule has 0 N–H and O–H groups in total. The molecule has 4 nitrogen and oxygen atoms in total. The fraction of sp³-hybridized carbons (Fsp3) is 0.800. The van der Waals surface area contributed by atoms with Gasteiger partial charge in [-0.05, 0) is 63.0 Å². The molecule has 2 atom stereocenters. The summed E-state index contributed by atoms with van der Waals surface area (Å²) in [7, 11) is 0. The van der Waals surface area contributed by atoms with Crippen LogP contribution in [0, 0.1) is 11.8 Å². The van der Waals surface area contributed by atoms with Crippen LogP contribution in [0.5, 0.6) is 11.5 Å². The van der Waals surface area contributed by atoms with Crippen molar-refractivity contribution in [1.82, 2.24) is 8.75 Å². The van der Waals surface area contributed by atoms with Gasteiger partial charge in [0.25, 0.3) is 0 Å². The Balaban J connectivity index is 2.14. The van der Waals surface area contributed by atoms with Crippen molar-refractivity contribution in [2.75, 3.05) is 13.2 Å². The summed E-state index contributed by atoms with van der Waals surface area (Å²) >= 11 is 8.82. The molecule has 0 saturated heterocycles. The molecule has 0 radical (unpaired) electrons. The molecule has 0 saturated carbocycles. The second kappa shape index (κ2) is 19.6. The van der Waals surface area contributed by atoms with Crippen molar-refractivity contribution in [2.45, 2.75) is 130 Å². The average Bonchev–Trinajstić information content (AvgIpc) is 3.41. The highest BCUT2D eigenvalue weighted by Gasteiger charge is 2.24. The van der Waals surface area contributed by atoms with Crippen LogP contribution in [0.4, 0.5) is 0 Å². The highest BCUT2D eigenvalue weighted by atomic mass is 79.9. The van der Waals surface area contributed by atoms with Gasteiger partial charge in [-0.3, -0.25) is 0 Å². The predicted molar refractivity (Wildman–Crippen MR) is 167 cm³/mol. The first kappa shape index (κ1) is 32.8. The molecule has 0 spiro atoms. The van der Waals surface area contributed by atoms with Crippen molar-refractivity contribution < 1.29 is 9.47 Å². The van der Waals surface area contributed by atoms with E-state index in [1.807, 2.05) is 0 Å². The predicted octanol–water partition coefficient (Wildman–Crippen LogP) is 11.5. The Hall–Kier alpha value is -0.400. The van der Waals surface area contributed by atoms with Crippen molar-refractivity contribution in [1.29, 1.82) is 0 Å². The number of hydrogen-bond acceptors (Lipinski definition) is 5. The number of benzene rings is 1. The number of unbranched alkanes of at least 4 members (excludes halogenated alkanes) is 9. The van der Waals surface area contributed by atoms with Gasteiger partial charge in [-0.1, -0.05) is 111 Å². The number of rotatable bonds is 22. The van der Waals surface area contributed by atoms with E-state index in [-0.39, 0.29) is 0 Å². The van der Waals surface area contributed by atoms with E-state index in [0.29, 0.717) is 18.4 Å². The fourth-order valence-corrected chi connectivity index (χ4v) is 6.77. The van der Waals surface area contributed by atoms with Crippen LogP contribution in [0.15, 0.2) is 8.95 Å². The van der Waals surface area contributed by atoms with E-state index in [1.54, 1.807) is 0 Å². The number of aromatic nitrogens is 2. The SMILES string of the molecule is CCCCCCCCC(CCCCCC)COc1c(OCC(CC)CCCC)c(Br)c2nsnc2c1Br. The first-order valence-corrected chi connectivity index (χ1v) is 17.3. The van der Waals surface area contributed by atoms with Crippen LogP contribution in [0.25, 0.3) is 11.0 Å². The van der Waals surface area contributed by atoms with E-state index in [1.165, 1.54) is 108 Å². The molecule has 0 fully saturated rings. The molecular weight excluding hydrogens is 612 g/mol. The summed E-state index contributed by atoms with van der Waals surface area (Å²) in [6.07, 6.45) is 20.5. The summed E-state index contributed by atoms with van der Waals surface area (Å²) in [4.78, 5) is 0. The maximum atomic E-state index is 6.62. The first-order chi connectivity index (χ1) is 18.1. The molecule has 0 aliphatic rings. The van der Waals surface area contributed by atoms with Crippen molar-refractivity contribution in [3.63, 3.8) is 0 Å². The van der Waals surface area contributed by atoms with Crippen LogP contribution in [0.2, 0.25) is 0 Å². The first-order valence-electron chi connectivity index (χ1n) is 15.0. The summed E-state index contributed by atoms with van der Waals surface area (Å²) in [5.41, 5.74) is 1.68. The summed E-state index contributed by atoms with van der Waals surface area (Å²) in [6, 6.07) is 0. The zero-order chi connectivity index (χ0) is 26.9. The Morgan fingerprint density at radius 3 is 1.54 bits per heavy atom. The Labute approximate surface area is 247 Å². The van der Waals surface area contributed by atoms with Crippen LogP contribution in [0.1, 0.15) is 130 Å². The van der Waals surface area contributed by atoms with Gasteiger partial charge in [0.1, 0.15) is 11.0 Å². The summed E-state index contributed by atoms with van der Waals surface area (Å²) in [5, 5.41) is 0. The molecule has 2 aromatic rings. The Morgan fingerprint density at radius 1 is 0.595 bits per heavy atom. The van der Waals surface area contributed by atoms with Crippen molar-refractivity contribution in [3.8, 4) is 11.5 Å². The zero-order valence-corrected chi connectivity index (χ0v) is 27.7. The minimum Gasteiger partial charge on any atom is -0.488 e. The van der Waals surface area contributed by atoms with Crippen LogP contribution < -0.4 is 9.47 Å². The molecule has 1 aromatic heterocycles. The third-order valence-corrected chi connectivity index (χ3v) is 9.41. The Kier molecular flexibility index (Phi) is 17.4. The highest BCUT2D eigenvalue weighted by Crippen LogP contribution is 2.47. The smallest absolute Gasteiger partial charge is 0.178 e. The quantitative estimate of drug-likeness (QED) is 0.118. The van der Waals surface area contributed by atoms with Gasteiger partial charge in [0, 0.05) is 0 Å². The second-order valence-corrected chi connectivity index (χ2v) is 12.7. The van der Waals surface area contributed by atoms with E-state index in [9.17, 15) is 0 Å². The van der Waals surface area contributed by atoms with Gasteiger partial charge in [0.05, 0.1) is 33.9 Å². The Morgan fingerprint density at radius 2 is 1.03 bits per heavy atom. The van der Waals surface area contributed by atoms with Gasteiger partial charge in [0.15, 0.2) is 11.5 Å². The summed E-state index contributed by atoms with van der Waals surface area (Å²) in [5.74, 6) is 2.66. The lowest BCUT2D eigenvalue weighted by atomic mass is 9.95. The van der Waals surface area contributed by atoms with Crippen LogP contribution >= 0.6 is 43.6 Å². The molecule has 1 aromatic carbocycles. The van der Waals surface area contributed by atoms with E-state index < -0.39 is 0 Å². The molecular formula is C30H50Br2N2O2S. The van der Waals surface area contributed by atoms with Gasteiger partial charge in [0.2, 0.25) is 0 Å². The maximum absolute atomic E-state index is 6.62. The molecule has 1 heterocycles. The fourth-order valence-electron chi connectivity index (χ4n) is 4.83. The molecule has 0 aliphatic heterocycles. The van der Waals surface area contributed by atoms with Crippen molar-refractivity contribution >= 4 is 54.6 Å². The third-order valence-electron chi connectivity index (χ3n) is 7.41. The third kappa shape index (κ3) is 11.3. The number of nitrogens with zero attached hydrogens (tertiary/aromatic N) is 2. The Bertz CT molecular complexity index is 877. The lowest BCUT2D eigenvalue weighted by molar-refractivity contribution is 0.194. The highest BCUT2D eigenvalue weighted by molar-refractivity contribution is 9.11. The minimum absolute atomic E-state index is 0.543. The normalized spacial score (nSPS) is 13.2. The van der Waals surface area contributed by atoms with Crippen LogP contribution in [-0.2, 0) is 0 Å². The lowest BCUT2D eigenvalue weighted by Crippen LogP contribution is -2.15. The number of ether oxygens (including phenoxy) is 2. The van der Waals surface area contributed by atoms with Crippen LogP contribution in [0.3, 0.4) is 0 Å². The molecule has 0 aliphatic carbocycles. The van der Waals surface area contributed by atoms with Gasteiger partial charge in [-0.2, -0.15) is 8.75 Å². The number of fused-ring (bicyclic) bond motifs is 1. The average molecular weight is 663 g/mol. The van der Waals surface area contributed by atoms with E-state index >= 15 is 0 Å². The minimum atomic E-state index is 0.543. The zero-order valence-electron chi connectivity index (χ0n) is 23.8. The molecule has 0 amide bonds. The molecule has 0 bridgehead atoms. The topological polar surface area (TPSA) is 44.2 Å². The van der Waals surface area contributed by atoms with Crippen LogP contribution in [-0.4, -0.2) is 22.0 Å². The molecule has 212 valence electrons. The maximum Gasteiger partial charge on any atom is 0.178 e. The summed E-state index contributed by atoms with van der Waals surface area (Å²) in [6.45, 7) is 10.5. The number of hydrogen-bond donors (Lipinski definition) is 0. The molecule has 2 rings (SSSR count). The second-order valence-electron chi connectivity index (χ2n) is 10.6. The molecule has 2 unspecified atom stereocenters. The van der Waals surface area contributed by atoms with Gasteiger partial charge < -0.3 is 9.47 Å². The monoisotopic (exact) mass is 660 g/mol. The molecule has 7 heteroatoms. The standard InChI is InChI=1S/C30H50Br2N2O2S/c1-5-9-12-14-15-17-20-24(19-16-13-10-6-2)22-36-30-26(32)28-27(33-37-34-28)25(31)29(30)35-21-23(8-4)18-11-7-3/h23-24H,5-22H2,1-4H3. The number of halogens is 2. The lowest BCUT2D eigenvalue weighted by Gasteiger charge is -2.22. The van der Waals surface area contributed by atoms with E-state index in [0.717, 1.165) is 44.5 Å². The van der Waals surface area contributed by atoms with Crippen molar-refractivity contribution in [2.24, 2.45) is 11.8 Å². The van der Waals surface area contributed by atoms with Gasteiger partial charge in [-0.15, -0.1) is 0 Å². The summed E-state index contributed by atoms with van der Waals surface area (Å²) < 4.78 is 23.9. The van der Waals surface area contributed by atoms with E-state index in [2.05, 4.69) is 68.3 Å². The van der Waals surface area contributed by atoms with Gasteiger partial charge in [-0.25, -0.2) is 0 Å². The largest absolute Gasteiger partial charge is 0.488 e. The molecule has 37 heavy (non-hydrogen) atoms.